The third kappa shape index (κ3) is 3.54. The zero-order valence-corrected chi connectivity index (χ0v) is 16.1. The van der Waals surface area contributed by atoms with E-state index in [4.69, 9.17) is 0 Å². The van der Waals surface area contributed by atoms with Gasteiger partial charge in [0.05, 0.1) is 11.6 Å². The highest BCUT2D eigenvalue weighted by molar-refractivity contribution is 5.97. The first-order chi connectivity index (χ1) is 13.7. The molecule has 1 unspecified atom stereocenters. The van der Waals surface area contributed by atoms with Crippen molar-refractivity contribution >= 4 is 17.2 Å². The smallest absolute Gasteiger partial charge is 0.231 e. The number of benzene rings is 2. The van der Waals surface area contributed by atoms with Gasteiger partial charge in [-0.3, -0.25) is 4.79 Å². The van der Waals surface area contributed by atoms with Crippen molar-refractivity contribution in [1.29, 1.82) is 0 Å². The molecule has 2 aromatic heterocycles. The van der Waals surface area contributed by atoms with E-state index in [2.05, 4.69) is 10.3 Å². The minimum absolute atomic E-state index is 0.0175. The maximum atomic E-state index is 13.0. The molecule has 1 N–H and O–H groups in total. The molecule has 0 saturated heterocycles. The fraction of sp³-hybridized carbons (Fsp3) is 0.167. The van der Waals surface area contributed by atoms with E-state index < -0.39 is 0 Å². The molecule has 4 nitrogen and oxygen atoms in total. The summed E-state index contributed by atoms with van der Waals surface area (Å²) in [5.41, 5.74) is 5.67. The number of imidazole rings is 1. The van der Waals surface area contributed by atoms with Crippen molar-refractivity contribution < 1.29 is 4.79 Å². The molecule has 0 bridgehead atoms. The van der Waals surface area contributed by atoms with Crippen LogP contribution < -0.4 is 5.32 Å². The third-order valence-corrected chi connectivity index (χ3v) is 5.08. The third-order valence-electron chi connectivity index (χ3n) is 5.08. The second-order valence-electron chi connectivity index (χ2n) is 6.98. The largest absolute Gasteiger partial charge is 0.325 e. The fourth-order valence-electron chi connectivity index (χ4n) is 3.47. The van der Waals surface area contributed by atoms with E-state index in [-0.39, 0.29) is 11.8 Å². The summed E-state index contributed by atoms with van der Waals surface area (Å²) in [4.78, 5) is 17.6. The number of hydrogen-bond donors (Lipinski definition) is 1. The molecule has 1 atom stereocenters. The van der Waals surface area contributed by atoms with Gasteiger partial charge in [-0.05, 0) is 42.7 Å². The number of nitrogens with one attached hydrogen (secondary N) is 1. The van der Waals surface area contributed by atoms with Crippen LogP contribution in [0.3, 0.4) is 0 Å². The van der Waals surface area contributed by atoms with Gasteiger partial charge in [0.25, 0.3) is 0 Å². The SMILES string of the molecule is CCC(C(=O)Nc1cc(-c2cn3ccccc3n2)ccc1C)c1ccccc1. The van der Waals surface area contributed by atoms with Gasteiger partial charge in [-0.15, -0.1) is 0 Å². The Morgan fingerprint density at radius 2 is 1.86 bits per heavy atom. The molecule has 0 saturated carbocycles. The lowest BCUT2D eigenvalue weighted by Crippen LogP contribution is -2.21. The van der Waals surface area contributed by atoms with Crippen LogP contribution in [0.25, 0.3) is 16.9 Å². The van der Waals surface area contributed by atoms with Gasteiger partial charge < -0.3 is 9.72 Å². The molecular formula is C24H23N3O. The molecule has 4 heteroatoms. The van der Waals surface area contributed by atoms with Crippen LogP contribution in [0.2, 0.25) is 0 Å². The van der Waals surface area contributed by atoms with Crippen LogP contribution in [-0.2, 0) is 4.79 Å². The number of aryl methyl sites for hydroxylation is 1. The molecule has 4 aromatic rings. The molecule has 4 rings (SSSR count). The summed E-state index contributed by atoms with van der Waals surface area (Å²) < 4.78 is 2.00. The summed E-state index contributed by atoms with van der Waals surface area (Å²) in [5.74, 6) is -0.150. The van der Waals surface area contributed by atoms with Crippen LogP contribution in [0.4, 0.5) is 5.69 Å². The summed E-state index contributed by atoms with van der Waals surface area (Å²) in [6.07, 6.45) is 4.74. The summed E-state index contributed by atoms with van der Waals surface area (Å²) in [6, 6.07) is 21.9. The van der Waals surface area contributed by atoms with Crippen molar-refractivity contribution in [3.05, 3.63) is 90.3 Å². The van der Waals surface area contributed by atoms with E-state index in [0.717, 1.165) is 40.1 Å². The Hall–Kier alpha value is -3.40. The predicted molar refractivity (Wildman–Crippen MR) is 113 cm³/mol. The van der Waals surface area contributed by atoms with E-state index >= 15 is 0 Å². The average molecular weight is 369 g/mol. The van der Waals surface area contributed by atoms with E-state index in [1.54, 1.807) is 0 Å². The van der Waals surface area contributed by atoms with Crippen molar-refractivity contribution in [3.8, 4) is 11.3 Å². The maximum absolute atomic E-state index is 13.0. The molecule has 0 aliphatic carbocycles. The van der Waals surface area contributed by atoms with Crippen LogP contribution in [-0.4, -0.2) is 15.3 Å². The van der Waals surface area contributed by atoms with Crippen molar-refractivity contribution in [1.82, 2.24) is 9.38 Å². The first kappa shape index (κ1) is 18.0. The highest BCUT2D eigenvalue weighted by atomic mass is 16.1. The molecule has 2 aromatic carbocycles. The summed E-state index contributed by atoms with van der Waals surface area (Å²) in [6.45, 7) is 4.05. The molecular weight excluding hydrogens is 346 g/mol. The van der Waals surface area contributed by atoms with E-state index in [1.165, 1.54) is 0 Å². The zero-order valence-electron chi connectivity index (χ0n) is 16.1. The van der Waals surface area contributed by atoms with E-state index in [9.17, 15) is 4.79 Å². The van der Waals surface area contributed by atoms with Gasteiger partial charge in [-0.1, -0.05) is 55.5 Å². The lowest BCUT2D eigenvalue weighted by atomic mass is 9.95. The van der Waals surface area contributed by atoms with Crippen LogP contribution in [0.15, 0.2) is 79.1 Å². The molecule has 28 heavy (non-hydrogen) atoms. The van der Waals surface area contributed by atoms with Crippen molar-refractivity contribution in [2.45, 2.75) is 26.2 Å². The first-order valence-electron chi connectivity index (χ1n) is 9.56. The van der Waals surface area contributed by atoms with Crippen LogP contribution >= 0.6 is 0 Å². The average Bonchev–Trinajstić information content (AvgIpc) is 3.15. The number of aromatic nitrogens is 2. The molecule has 2 heterocycles. The van der Waals surface area contributed by atoms with Gasteiger partial charge in [0.1, 0.15) is 5.65 Å². The van der Waals surface area contributed by atoms with Crippen molar-refractivity contribution in [2.75, 3.05) is 5.32 Å². The van der Waals surface area contributed by atoms with Crippen molar-refractivity contribution in [3.63, 3.8) is 0 Å². The van der Waals surface area contributed by atoms with E-state index in [1.807, 2.05) is 97.4 Å². The number of hydrogen-bond acceptors (Lipinski definition) is 2. The van der Waals surface area contributed by atoms with Gasteiger partial charge in [0.15, 0.2) is 0 Å². The van der Waals surface area contributed by atoms with Crippen LogP contribution in [0.5, 0.6) is 0 Å². The molecule has 0 radical (unpaired) electrons. The number of fused-ring (bicyclic) bond motifs is 1. The maximum Gasteiger partial charge on any atom is 0.231 e. The summed E-state index contributed by atoms with van der Waals surface area (Å²) in [7, 11) is 0. The van der Waals surface area contributed by atoms with Gasteiger partial charge in [-0.25, -0.2) is 4.98 Å². The van der Waals surface area contributed by atoms with Crippen LogP contribution in [0, 0.1) is 6.92 Å². The minimum atomic E-state index is -0.167. The molecule has 0 fully saturated rings. The topological polar surface area (TPSA) is 46.4 Å². The number of rotatable bonds is 5. The van der Waals surface area contributed by atoms with Crippen molar-refractivity contribution in [2.24, 2.45) is 0 Å². The second kappa shape index (κ2) is 7.69. The summed E-state index contributed by atoms with van der Waals surface area (Å²) in [5, 5.41) is 3.13. The van der Waals surface area contributed by atoms with Gasteiger partial charge in [-0.2, -0.15) is 0 Å². The standard InChI is InChI=1S/C24H23N3O/c1-3-20(18-9-5-4-6-10-18)24(28)26-21-15-19(13-12-17(21)2)22-16-27-14-8-7-11-23(27)25-22/h4-16,20H,3H2,1-2H3,(H,26,28). The quantitative estimate of drug-likeness (QED) is 0.509. The predicted octanol–water partition coefficient (Wildman–Crippen LogP) is 5.44. The van der Waals surface area contributed by atoms with E-state index in [0.29, 0.717) is 0 Å². The normalized spacial score (nSPS) is 12.1. The Morgan fingerprint density at radius 3 is 2.61 bits per heavy atom. The van der Waals surface area contributed by atoms with Gasteiger partial charge in [0, 0.05) is 23.6 Å². The number of nitrogens with zero attached hydrogens (tertiary/aromatic N) is 2. The Labute approximate surface area is 164 Å². The Bertz CT molecular complexity index is 1080. The molecule has 0 aliphatic rings. The molecule has 1 amide bonds. The molecule has 0 aliphatic heterocycles. The van der Waals surface area contributed by atoms with Gasteiger partial charge in [0.2, 0.25) is 5.91 Å². The number of anilines is 1. The van der Waals surface area contributed by atoms with Gasteiger partial charge >= 0.3 is 0 Å². The lowest BCUT2D eigenvalue weighted by Gasteiger charge is -2.17. The monoisotopic (exact) mass is 369 g/mol. The Morgan fingerprint density at radius 1 is 1.07 bits per heavy atom. The van der Waals surface area contributed by atoms with Crippen LogP contribution in [0.1, 0.15) is 30.4 Å². The Balaban J connectivity index is 1.63. The summed E-state index contributed by atoms with van der Waals surface area (Å²) >= 11 is 0. The second-order valence-corrected chi connectivity index (χ2v) is 6.98. The number of pyridine rings is 1. The molecule has 0 spiro atoms. The Kier molecular flexibility index (Phi) is 4.94. The number of carbonyl (C=O) groups is 1. The number of amides is 1. The zero-order chi connectivity index (χ0) is 19.5. The number of carbonyl (C=O) groups excluding carboxylic acids is 1. The lowest BCUT2D eigenvalue weighted by molar-refractivity contribution is -0.117. The minimum Gasteiger partial charge on any atom is -0.325 e. The highest BCUT2D eigenvalue weighted by Crippen LogP contribution is 2.27. The molecule has 140 valence electrons. The first-order valence-corrected chi connectivity index (χ1v) is 9.56. The fourth-order valence-corrected chi connectivity index (χ4v) is 3.47. The highest BCUT2D eigenvalue weighted by Gasteiger charge is 2.19.